The number of allylic oxidation sites excluding steroid dienone is 12. The van der Waals surface area contributed by atoms with E-state index in [0.717, 1.165) is 34.2 Å². The van der Waals surface area contributed by atoms with Gasteiger partial charge in [-0.05, 0) is 73.8 Å². The van der Waals surface area contributed by atoms with Gasteiger partial charge in [-0.2, -0.15) is 0 Å². The first-order chi connectivity index (χ1) is 14.2. The number of rotatable bonds is 3. The van der Waals surface area contributed by atoms with Crippen LogP contribution in [0.1, 0.15) is 6.92 Å². The van der Waals surface area contributed by atoms with Crippen molar-refractivity contribution in [3.05, 3.63) is 94.9 Å². The summed E-state index contributed by atoms with van der Waals surface area (Å²) in [6.07, 6.45) is 21.0. The monoisotopic (exact) mass is 400 g/mol. The summed E-state index contributed by atoms with van der Waals surface area (Å²) < 4.78 is 18.0. The molecule has 0 spiro atoms. The van der Waals surface area contributed by atoms with Gasteiger partial charge in [0.1, 0.15) is 0 Å². The predicted molar refractivity (Wildman–Crippen MR) is 118 cm³/mol. The second-order valence-electron chi connectivity index (χ2n) is 6.66. The number of aliphatic imine (C=N–C) groups is 4. The van der Waals surface area contributed by atoms with E-state index in [1.807, 2.05) is 67.7 Å². The molecular formula is C22H17N4O2P. The minimum atomic E-state index is -2.39. The Morgan fingerprint density at radius 2 is 1.21 bits per heavy atom. The Bertz CT molecular complexity index is 1210. The average molecular weight is 400 g/mol. The summed E-state index contributed by atoms with van der Waals surface area (Å²) in [6.45, 7) is 2.21. The fourth-order valence-corrected chi connectivity index (χ4v) is 4.29. The topological polar surface area (TPSA) is 75.7 Å². The van der Waals surface area contributed by atoms with E-state index in [9.17, 15) is 4.57 Å². The molecule has 142 valence electrons. The fraction of sp³-hybridized carbons (Fsp3) is 0.0909. The molecule has 29 heavy (non-hydrogen) atoms. The average Bonchev–Trinajstić information content (AvgIpc) is 3.46. The summed E-state index contributed by atoms with van der Waals surface area (Å²) in [5, 5.41) is 0.598. The van der Waals surface area contributed by atoms with E-state index in [2.05, 4.69) is 20.0 Å². The molecule has 6 nitrogen and oxygen atoms in total. The second-order valence-corrected chi connectivity index (χ2v) is 8.06. The van der Waals surface area contributed by atoms with Crippen molar-refractivity contribution in [3.8, 4) is 0 Å². The van der Waals surface area contributed by atoms with E-state index in [1.165, 1.54) is 0 Å². The molecule has 0 saturated carbocycles. The Morgan fingerprint density at radius 1 is 0.690 bits per heavy atom. The highest BCUT2D eigenvalue weighted by atomic mass is 31.1. The molecular weight excluding hydrogens is 383 g/mol. The summed E-state index contributed by atoms with van der Waals surface area (Å²) >= 11 is 0. The lowest BCUT2D eigenvalue weighted by atomic mass is 10.2. The maximum Gasteiger partial charge on any atom is 0.222 e. The molecule has 8 bridgehead atoms. The molecule has 1 atom stereocenters. The van der Waals surface area contributed by atoms with Crippen molar-refractivity contribution in [1.82, 2.24) is 0 Å². The number of nitrogens with zero attached hydrogens (tertiary/aromatic N) is 4. The summed E-state index contributed by atoms with van der Waals surface area (Å²) in [5.41, 5.74) is 6.13. The van der Waals surface area contributed by atoms with Crippen molar-refractivity contribution in [3.63, 3.8) is 0 Å². The van der Waals surface area contributed by atoms with Crippen molar-refractivity contribution in [2.75, 3.05) is 6.61 Å². The van der Waals surface area contributed by atoms with Crippen LogP contribution in [0, 0.1) is 0 Å². The summed E-state index contributed by atoms with van der Waals surface area (Å²) in [7, 11) is -2.39. The maximum absolute atomic E-state index is 12.6. The zero-order valence-electron chi connectivity index (χ0n) is 15.7. The zero-order valence-corrected chi connectivity index (χ0v) is 16.7. The van der Waals surface area contributed by atoms with Crippen LogP contribution in [0.5, 0.6) is 0 Å². The van der Waals surface area contributed by atoms with Crippen molar-refractivity contribution < 1.29 is 9.09 Å². The lowest BCUT2D eigenvalue weighted by Crippen LogP contribution is -1.95. The van der Waals surface area contributed by atoms with Gasteiger partial charge in [0.2, 0.25) is 8.03 Å². The van der Waals surface area contributed by atoms with Gasteiger partial charge in [-0.25, -0.2) is 20.0 Å². The highest BCUT2D eigenvalue weighted by Gasteiger charge is 2.21. The van der Waals surface area contributed by atoms with Gasteiger partial charge in [0.25, 0.3) is 0 Å². The molecule has 1 unspecified atom stereocenters. The minimum Gasteiger partial charge on any atom is -0.328 e. The largest absolute Gasteiger partial charge is 0.328 e. The molecule has 0 aromatic carbocycles. The van der Waals surface area contributed by atoms with Gasteiger partial charge >= 0.3 is 0 Å². The molecule has 0 aromatic rings. The van der Waals surface area contributed by atoms with Gasteiger partial charge in [0.05, 0.1) is 57.6 Å². The van der Waals surface area contributed by atoms with Gasteiger partial charge in [0.15, 0.2) is 0 Å². The first-order valence-corrected chi connectivity index (χ1v) is 10.6. The zero-order chi connectivity index (χ0) is 19.8. The Labute approximate surface area is 168 Å². The van der Waals surface area contributed by atoms with Gasteiger partial charge in [-0.1, -0.05) is 0 Å². The molecule has 5 aliphatic rings. The summed E-state index contributed by atoms with van der Waals surface area (Å²) in [6, 6.07) is 0. The SMILES string of the molecule is CCO[PH](=O)C1=CC2=CC3=NC(=CC4=NC(=CC5=NC(=CC1=N2)C=C5)C=C4)C=C3. The van der Waals surface area contributed by atoms with Crippen molar-refractivity contribution >= 4 is 30.9 Å². The van der Waals surface area contributed by atoms with Crippen LogP contribution in [0.15, 0.2) is 115 Å². The highest BCUT2D eigenvalue weighted by Crippen LogP contribution is 2.39. The molecule has 0 aliphatic carbocycles. The van der Waals surface area contributed by atoms with E-state index in [0.29, 0.717) is 23.3 Å². The van der Waals surface area contributed by atoms with E-state index in [1.54, 1.807) is 6.08 Å². The lowest BCUT2D eigenvalue weighted by molar-refractivity contribution is 0.356. The van der Waals surface area contributed by atoms with E-state index < -0.39 is 8.03 Å². The van der Waals surface area contributed by atoms with Crippen LogP contribution in [0.4, 0.5) is 0 Å². The van der Waals surface area contributed by atoms with Gasteiger partial charge < -0.3 is 4.52 Å². The predicted octanol–water partition coefficient (Wildman–Crippen LogP) is 4.42. The number of fused-ring (bicyclic) bond motifs is 4. The third-order valence-corrected chi connectivity index (χ3v) is 5.93. The van der Waals surface area contributed by atoms with Crippen LogP contribution in [-0.4, -0.2) is 29.5 Å². The molecule has 0 radical (unpaired) electrons. The molecule has 5 heterocycles. The minimum absolute atomic E-state index is 0.382. The van der Waals surface area contributed by atoms with Crippen molar-refractivity contribution in [2.24, 2.45) is 20.0 Å². The quantitative estimate of drug-likeness (QED) is 0.658. The molecule has 0 aromatic heterocycles. The molecule has 5 aliphatic heterocycles. The fourth-order valence-electron chi connectivity index (χ4n) is 3.27. The maximum atomic E-state index is 12.6. The van der Waals surface area contributed by atoms with Crippen LogP contribution in [0.3, 0.4) is 0 Å². The van der Waals surface area contributed by atoms with Gasteiger partial charge in [0, 0.05) is 0 Å². The molecule has 0 saturated heterocycles. The smallest absolute Gasteiger partial charge is 0.222 e. The third kappa shape index (κ3) is 3.73. The molecule has 0 amide bonds. The summed E-state index contributed by atoms with van der Waals surface area (Å²) in [5.74, 6) is 0. The standard InChI is InChI=1S/C22H17N4O2P/c1-2-28-29(27)22-13-20-11-18-6-5-16(24-18)9-14-3-4-15(23-14)10-17-7-8-19(25-17)12-21(22)26-20/h3-13,29H,2H2,1H3. The first-order valence-electron chi connectivity index (χ1n) is 9.31. The van der Waals surface area contributed by atoms with E-state index in [-0.39, 0.29) is 0 Å². The Hall–Kier alpha value is -3.21. The van der Waals surface area contributed by atoms with Crippen LogP contribution in [0.25, 0.3) is 0 Å². The third-order valence-electron chi connectivity index (χ3n) is 4.53. The van der Waals surface area contributed by atoms with Gasteiger partial charge in [-0.15, -0.1) is 0 Å². The lowest BCUT2D eigenvalue weighted by Gasteiger charge is -2.03. The molecule has 5 rings (SSSR count). The van der Waals surface area contributed by atoms with Gasteiger partial charge in [-0.3, -0.25) is 4.57 Å². The Balaban J connectivity index is 1.63. The summed E-state index contributed by atoms with van der Waals surface area (Å²) in [4.78, 5) is 18.5. The van der Waals surface area contributed by atoms with Crippen molar-refractivity contribution in [2.45, 2.75) is 6.92 Å². The normalized spacial score (nSPS) is 22.3. The Kier molecular flexibility index (Phi) is 4.51. The number of hydrogen-bond acceptors (Lipinski definition) is 6. The van der Waals surface area contributed by atoms with Crippen LogP contribution >= 0.6 is 8.03 Å². The molecule has 7 heteroatoms. The first kappa shape index (κ1) is 17.9. The van der Waals surface area contributed by atoms with Crippen LogP contribution in [-0.2, 0) is 9.09 Å². The molecule has 0 N–H and O–H groups in total. The van der Waals surface area contributed by atoms with E-state index in [4.69, 9.17) is 4.52 Å². The Morgan fingerprint density at radius 3 is 1.76 bits per heavy atom. The molecule has 0 fully saturated rings. The number of hydrogen-bond donors (Lipinski definition) is 0. The van der Waals surface area contributed by atoms with Crippen LogP contribution < -0.4 is 0 Å². The second kappa shape index (κ2) is 7.32. The highest BCUT2D eigenvalue weighted by molar-refractivity contribution is 7.46. The van der Waals surface area contributed by atoms with E-state index >= 15 is 0 Å². The van der Waals surface area contributed by atoms with Crippen LogP contribution in [0.2, 0.25) is 0 Å². The van der Waals surface area contributed by atoms with Crippen molar-refractivity contribution in [1.29, 1.82) is 0 Å².